The molecule has 3 aromatic rings. The lowest BCUT2D eigenvalue weighted by molar-refractivity contribution is 0.0951. The third-order valence-electron chi connectivity index (χ3n) is 3.87. The first kappa shape index (κ1) is 15.8. The summed E-state index contributed by atoms with van der Waals surface area (Å²) in [6, 6.07) is 15.0. The maximum absolute atomic E-state index is 12.3. The number of nitrogens with one attached hydrogen (secondary N) is 1. The number of nitrogens with zero attached hydrogens (tertiary/aromatic N) is 2. The molecular formula is C19H19N3O2. The van der Waals surface area contributed by atoms with Gasteiger partial charge < -0.3 is 14.6 Å². The van der Waals surface area contributed by atoms with Crippen LogP contribution in [0.3, 0.4) is 0 Å². The minimum atomic E-state index is -0.116. The molecule has 0 saturated carbocycles. The molecule has 1 N–H and O–H groups in total. The van der Waals surface area contributed by atoms with Gasteiger partial charge in [-0.1, -0.05) is 18.2 Å². The number of aryl methyl sites for hydroxylation is 1. The zero-order chi connectivity index (χ0) is 16.9. The standard InChI is InChI=1S/C19H19N3O2/c1-14-20-11-12-22(14)18-6-4-3-5-16(18)13-21-19(23)15-7-9-17(24-2)10-8-15/h3-12H,13H2,1-2H3,(H,21,23). The highest BCUT2D eigenvalue weighted by atomic mass is 16.5. The number of hydrogen-bond acceptors (Lipinski definition) is 3. The number of benzene rings is 2. The van der Waals surface area contributed by atoms with E-state index >= 15 is 0 Å². The molecule has 5 nitrogen and oxygen atoms in total. The number of carbonyl (C=O) groups excluding carboxylic acids is 1. The Morgan fingerprint density at radius 3 is 2.58 bits per heavy atom. The van der Waals surface area contributed by atoms with E-state index in [0.29, 0.717) is 12.1 Å². The van der Waals surface area contributed by atoms with Gasteiger partial charge in [-0.3, -0.25) is 4.79 Å². The molecule has 1 aromatic heterocycles. The Kier molecular flexibility index (Phi) is 4.61. The lowest BCUT2D eigenvalue weighted by Gasteiger charge is -2.13. The van der Waals surface area contributed by atoms with Gasteiger partial charge in [-0.2, -0.15) is 0 Å². The van der Waals surface area contributed by atoms with Crippen molar-refractivity contribution in [3.05, 3.63) is 77.9 Å². The fourth-order valence-electron chi connectivity index (χ4n) is 2.55. The van der Waals surface area contributed by atoms with Crippen LogP contribution >= 0.6 is 0 Å². The molecule has 0 spiro atoms. The summed E-state index contributed by atoms with van der Waals surface area (Å²) in [5.41, 5.74) is 2.65. The Labute approximate surface area is 140 Å². The summed E-state index contributed by atoms with van der Waals surface area (Å²) < 4.78 is 7.11. The van der Waals surface area contributed by atoms with Crippen LogP contribution in [0, 0.1) is 6.92 Å². The van der Waals surface area contributed by atoms with E-state index in [4.69, 9.17) is 4.74 Å². The normalized spacial score (nSPS) is 10.4. The first-order valence-corrected chi connectivity index (χ1v) is 7.69. The maximum Gasteiger partial charge on any atom is 0.251 e. The van der Waals surface area contributed by atoms with Gasteiger partial charge in [0.15, 0.2) is 0 Å². The number of para-hydroxylation sites is 1. The molecule has 0 atom stereocenters. The van der Waals surface area contributed by atoms with E-state index in [1.165, 1.54) is 0 Å². The Morgan fingerprint density at radius 2 is 1.92 bits per heavy atom. The van der Waals surface area contributed by atoms with Crippen LogP contribution in [0.4, 0.5) is 0 Å². The zero-order valence-corrected chi connectivity index (χ0v) is 13.7. The second-order valence-corrected chi connectivity index (χ2v) is 5.38. The van der Waals surface area contributed by atoms with Crippen LogP contribution in [0.2, 0.25) is 0 Å². The predicted octanol–water partition coefficient (Wildman–Crippen LogP) is 3.12. The molecule has 2 aromatic carbocycles. The summed E-state index contributed by atoms with van der Waals surface area (Å²) in [6.07, 6.45) is 3.68. The van der Waals surface area contributed by atoms with Crippen LogP contribution in [0.1, 0.15) is 21.7 Å². The Morgan fingerprint density at radius 1 is 1.17 bits per heavy atom. The predicted molar refractivity (Wildman–Crippen MR) is 92.5 cm³/mol. The number of aromatic nitrogens is 2. The molecule has 3 rings (SSSR count). The summed E-state index contributed by atoms with van der Waals surface area (Å²) in [5.74, 6) is 1.52. The Hall–Kier alpha value is -3.08. The summed E-state index contributed by atoms with van der Waals surface area (Å²) in [4.78, 5) is 16.6. The largest absolute Gasteiger partial charge is 0.497 e. The van der Waals surface area contributed by atoms with Crippen molar-refractivity contribution in [3.8, 4) is 11.4 Å². The molecule has 5 heteroatoms. The summed E-state index contributed by atoms with van der Waals surface area (Å²) in [5, 5.41) is 2.96. The summed E-state index contributed by atoms with van der Waals surface area (Å²) >= 11 is 0. The van der Waals surface area contributed by atoms with Gasteiger partial charge in [0.1, 0.15) is 11.6 Å². The summed E-state index contributed by atoms with van der Waals surface area (Å²) in [7, 11) is 1.60. The third-order valence-corrected chi connectivity index (χ3v) is 3.87. The monoisotopic (exact) mass is 321 g/mol. The van der Waals surface area contributed by atoms with Crippen molar-refractivity contribution < 1.29 is 9.53 Å². The molecule has 0 aliphatic rings. The highest BCUT2D eigenvalue weighted by Gasteiger charge is 2.09. The summed E-state index contributed by atoms with van der Waals surface area (Å²) in [6.45, 7) is 2.39. The minimum Gasteiger partial charge on any atom is -0.497 e. The molecule has 0 aliphatic carbocycles. The average molecular weight is 321 g/mol. The second-order valence-electron chi connectivity index (χ2n) is 5.38. The quantitative estimate of drug-likeness (QED) is 0.785. The topological polar surface area (TPSA) is 56.1 Å². The van der Waals surface area contributed by atoms with Crippen LogP contribution in [0.5, 0.6) is 5.75 Å². The van der Waals surface area contributed by atoms with Crippen molar-refractivity contribution in [1.29, 1.82) is 0 Å². The molecule has 1 heterocycles. The molecule has 122 valence electrons. The van der Waals surface area contributed by atoms with Crippen molar-refractivity contribution in [1.82, 2.24) is 14.9 Å². The SMILES string of the molecule is COc1ccc(C(=O)NCc2ccccc2-n2ccnc2C)cc1. The lowest BCUT2D eigenvalue weighted by atomic mass is 10.1. The number of rotatable bonds is 5. The van der Waals surface area contributed by atoms with Crippen LogP contribution in [0.15, 0.2) is 60.9 Å². The van der Waals surface area contributed by atoms with Gasteiger partial charge in [0.25, 0.3) is 5.91 Å². The van der Waals surface area contributed by atoms with Gasteiger partial charge in [0, 0.05) is 24.5 Å². The maximum atomic E-state index is 12.3. The zero-order valence-electron chi connectivity index (χ0n) is 13.7. The molecular weight excluding hydrogens is 302 g/mol. The highest BCUT2D eigenvalue weighted by molar-refractivity contribution is 5.94. The highest BCUT2D eigenvalue weighted by Crippen LogP contribution is 2.16. The van der Waals surface area contributed by atoms with E-state index in [2.05, 4.69) is 10.3 Å². The third kappa shape index (κ3) is 3.30. The number of imidazole rings is 1. The van der Waals surface area contributed by atoms with Crippen molar-refractivity contribution in [2.75, 3.05) is 7.11 Å². The van der Waals surface area contributed by atoms with E-state index in [-0.39, 0.29) is 5.91 Å². The Bertz CT molecular complexity index is 838. The number of amides is 1. The molecule has 0 fully saturated rings. The van der Waals surface area contributed by atoms with Crippen molar-refractivity contribution >= 4 is 5.91 Å². The molecule has 1 amide bonds. The van der Waals surface area contributed by atoms with Gasteiger partial charge in [0.2, 0.25) is 0 Å². The van der Waals surface area contributed by atoms with E-state index in [9.17, 15) is 4.79 Å². The molecule has 0 unspecified atom stereocenters. The Balaban J connectivity index is 1.75. The van der Waals surface area contributed by atoms with E-state index < -0.39 is 0 Å². The molecule has 0 bridgehead atoms. The van der Waals surface area contributed by atoms with Crippen molar-refractivity contribution in [2.45, 2.75) is 13.5 Å². The fraction of sp³-hybridized carbons (Fsp3) is 0.158. The first-order chi connectivity index (χ1) is 11.7. The van der Waals surface area contributed by atoms with Crippen LogP contribution in [-0.2, 0) is 6.54 Å². The average Bonchev–Trinajstić information content (AvgIpc) is 3.06. The first-order valence-electron chi connectivity index (χ1n) is 7.69. The second kappa shape index (κ2) is 7.00. The number of ether oxygens (including phenoxy) is 1. The van der Waals surface area contributed by atoms with E-state index in [1.54, 1.807) is 37.6 Å². The van der Waals surface area contributed by atoms with Crippen LogP contribution in [-0.4, -0.2) is 22.6 Å². The van der Waals surface area contributed by atoms with Gasteiger partial charge >= 0.3 is 0 Å². The minimum absolute atomic E-state index is 0.116. The van der Waals surface area contributed by atoms with Crippen LogP contribution in [0.25, 0.3) is 5.69 Å². The number of methoxy groups -OCH3 is 1. The molecule has 0 aliphatic heterocycles. The fourth-order valence-corrected chi connectivity index (χ4v) is 2.55. The number of hydrogen-bond donors (Lipinski definition) is 1. The number of carbonyl (C=O) groups is 1. The lowest BCUT2D eigenvalue weighted by Crippen LogP contribution is -2.23. The van der Waals surface area contributed by atoms with Gasteiger partial charge in [0.05, 0.1) is 12.8 Å². The molecule has 0 saturated heterocycles. The molecule has 0 radical (unpaired) electrons. The van der Waals surface area contributed by atoms with Crippen molar-refractivity contribution in [3.63, 3.8) is 0 Å². The van der Waals surface area contributed by atoms with Gasteiger partial charge in [-0.05, 0) is 42.8 Å². The smallest absolute Gasteiger partial charge is 0.251 e. The van der Waals surface area contributed by atoms with Crippen LogP contribution < -0.4 is 10.1 Å². The van der Waals surface area contributed by atoms with E-state index in [1.807, 2.05) is 42.0 Å². The molecule has 24 heavy (non-hydrogen) atoms. The van der Waals surface area contributed by atoms with Gasteiger partial charge in [-0.25, -0.2) is 4.98 Å². The van der Waals surface area contributed by atoms with Crippen molar-refractivity contribution in [2.24, 2.45) is 0 Å². The van der Waals surface area contributed by atoms with E-state index in [0.717, 1.165) is 22.8 Å². The van der Waals surface area contributed by atoms with Gasteiger partial charge in [-0.15, -0.1) is 0 Å².